The highest BCUT2D eigenvalue weighted by atomic mass is 35.5. The van der Waals surface area contributed by atoms with Crippen molar-refractivity contribution in [2.24, 2.45) is 0 Å². The summed E-state index contributed by atoms with van der Waals surface area (Å²) in [6, 6.07) is 16.2. The predicted molar refractivity (Wildman–Crippen MR) is 118 cm³/mol. The van der Waals surface area contributed by atoms with Gasteiger partial charge >= 0.3 is 0 Å². The number of anilines is 1. The fraction of sp³-hybridized carbons (Fsp3) is 0.227. The van der Waals surface area contributed by atoms with Gasteiger partial charge < -0.3 is 14.5 Å². The van der Waals surface area contributed by atoms with Crippen molar-refractivity contribution < 1.29 is 9.53 Å². The predicted octanol–water partition coefficient (Wildman–Crippen LogP) is 4.93. The van der Waals surface area contributed by atoms with Crippen molar-refractivity contribution in [3.05, 3.63) is 76.5 Å². The highest BCUT2D eigenvalue weighted by Crippen LogP contribution is 2.26. The summed E-state index contributed by atoms with van der Waals surface area (Å²) in [7, 11) is 0. The van der Waals surface area contributed by atoms with Crippen LogP contribution in [0, 0.1) is 0 Å². The number of amides is 1. The van der Waals surface area contributed by atoms with Crippen LogP contribution < -0.4 is 9.64 Å². The zero-order valence-electron chi connectivity index (χ0n) is 16.3. The standard InChI is InChI=1S/C22H20Cl2N4O2/c1-15-13-27(9-10-28(15)22(29)18-8-7-16(23)11-19(18)24)20-12-21(26-14-25-20)30-17-5-3-2-4-6-17/h2-8,11-12,14-15H,9-10,13H2,1H3/t15-/m1/s1. The SMILES string of the molecule is C[C@@H]1CN(c2cc(Oc3ccccc3)ncn2)CCN1C(=O)c1ccc(Cl)cc1Cl. The first-order chi connectivity index (χ1) is 14.5. The topological polar surface area (TPSA) is 58.6 Å². The molecule has 1 amide bonds. The Labute approximate surface area is 185 Å². The molecular weight excluding hydrogens is 423 g/mol. The first kappa shape index (κ1) is 20.4. The number of ether oxygens (including phenoxy) is 1. The Hall–Kier alpha value is -2.83. The summed E-state index contributed by atoms with van der Waals surface area (Å²) in [5.74, 6) is 1.86. The van der Waals surface area contributed by atoms with Gasteiger partial charge in [0, 0.05) is 36.8 Å². The monoisotopic (exact) mass is 442 g/mol. The summed E-state index contributed by atoms with van der Waals surface area (Å²) < 4.78 is 5.81. The van der Waals surface area contributed by atoms with E-state index < -0.39 is 0 Å². The van der Waals surface area contributed by atoms with Crippen molar-refractivity contribution in [1.82, 2.24) is 14.9 Å². The van der Waals surface area contributed by atoms with Gasteiger partial charge in [-0.25, -0.2) is 9.97 Å². The van der Waals surface area contributed by atoms with Crippen LogP contribution in [0.5, 0.6) is 11.6 Å². The highest BCUT2D eigenvalue weighted by molar-refractivity contribution is 6.36. The molecule has 4 rings (SSSR count). The highest BCUT2D eigenvalue weighted by Gasteiger charge is 2.30. The Bertz CT molecular complexity index is 1050. The Morgan fingerprint density at radius 2 is 1.87 bits per heavy atom. The molecule has 6 nitrogen and oxygen atoms in total. The Morgan fingerprint density at radius 1 is 1.07 bits per heavy atom. The van der Waals surface area contributed by atoms with Crippen molar-refractivity contribution in [1.29, 1.82) is 0 Å². The number of para-hydroxylation sites is 1. The molecule has 0 radical (unpaired) electrons. The molecule has 0 N–H and O–H groups in total. The quantitative estimate of drug-likeness (QED) is 0.573. The van der Waals surface area contributed by atoms with Gasteiger partial charge in [0.1, 0.15) is 17.9 Å². The Balaban J connectivity index is 1.45. The van der Waals surface area contributed by atoms with Gasteiger partial charge in [0.2, 0.25) is 5.88 Å². The molecule has 154 valence electrons. The number of hydrogen-bond acceptors (Lipinski definition) is 5. The number of halogens is 2. The van der Waals surface area contributed by atoms with E-state index in [4.69, 9.17) is 27.9 Å². The number of carbonyl (C=O) groups is 1. The van der Waals surface area contributed by atoms with E-state index in [2.05, 4.69) is 14.9 Å². The summed E-state index contributed by atoms with van der Waals surface area (Å²) >= 11 is 12.2. The molecule has 2 heterocycles. The molecular formula is C22H20Cl2N4O2. The summed E-state index contributed by atoms with van der Waals surface area (Å²) in [6.07, 6.45) is 1.49. The summed E-state index contributed by atoms with van der Waals surface area (Å²) in [6.45, 7) is 3.84. The number of piperazine rings is 1. The normalized spacial score (nSPS) is 16.4. The molecule has 0 aliphatic carbocycles. The van der Waals surface area contributed by atoms with Crippen molar-refractivity contribution in [3.63, 3.8) is 0 Å². The average Bonchev–Trinajstić information content (AvgIpc) is 2.74. The van der Waals surface area contributed by atoms with Gasteiger partial charge in [-0.3, -0.25) is 4.79 Å². The number of rotatable bonds is 4. The lowest BCUT2D eigenvalue weighted by Crippen LogP contribution is -2.54. The van der Waals surface area contributed by atoms with E-state index in [1.807, 2.05) is 48.2 Å². The zero-order valence-corrected chi connectivity index (χ0v) is 17.8. The third kappa shape index (κ3) is 4.50. The molecule has 1 fully saturated rings. The zero-order chi connectivity index (χ0) is 21.1. The third-order valence-electron chi connectivity index (χ3n) is 4.97. The molecule has 1 aromatic heterocycles. The molecule has 30 heavy (non-hydrogen) atoms. The van der Waals surface area contributed by atoms with Crippen LogP contribution >= 0.6 is 23.2 Å². The summed E-state index contributed by atoms with van der Waals surface area (Å²) in [4.78, 5) is 25.5. The molecule has 0 bridgehead atoms. The maximum atomic E-state index is 13.0. The molecule has 2 aromatic carbocycles. The smallest absolute Gasteiger partial charge is 0.255 e. The first-order valence-corrected chi connectivity index (χ1v) is 10.3. The van der Waals surface area contributed by atoms with Gasteiger partial charge in [-0.05, 0) is 37.3 Å². The fourth-order valence-corrected chi connectivity index (χ4v) is 3.94. The third-order valence-corrected chi connectivity index (χ3v) is 5.51. The molecule has 0 spiro atoms. The molecule has 8 heteroatoms. The number of nitrogens with zero attached hydrogens (tertiary/aromatic N) is 4. The van der Waals surface area contributed by atoms with Crippen LogP contribution in [-0.2, 0) is 0 Å². The van der Waals surface area contributed by atoms with Gasteiger partial charge in [-0.1, -0.05) is 41.4 Å². The minimum absolute atomic E-state index is 0.0218. The lowest BCUT2D eigenvalue weighted by Gasteiger charge is -2.40. The molecule has 0 saturated carbocycles. The first-order valence-electron chi connectivity index (χ1n) is 9.57. The number of hydrogen-bond donors (Lipinski definition) is 0. The van der Waals surface area contributed by atoms with Crippen molar-refractivity contribution in [2.75, 3.05) is 24.5 Å². The Kier molecular flexibility index (Phi) is 6.06. The van der Waals surface area contributed by atoms with E-state index in [0.717, 1.165) is 5.82 Å². The fourth-order valence-electron chi connectivity index (χ4n) is 3.45. The lowest BCUT2D eigenvalue weighted by atomic mass is 10.1. The average molecular weight is 443 g/mol. The molecule has 1 aliphatic rings. The number of benzene rings is 2. The van der Waals surface area contributed by atoms with E-state index in [1.165, 1.54) is 6.33 Å². The molecule has 1 aliphatic heterocycles. The second-order valence-electron chi connectivity index (χ2n) is 7.05. The van der Waals surface area contributed by atoms with Gasteiger partial charge in [0.05, 0.1) is 10.6 Å². The van der Waals surface area contributed by atoms with Crippen LogP contribution in [0.15, 0.2) is 60.9 Å². The maximum absolute atomic E-state index is 13.0. The van der Waals surface area contributed by atoms with E-state index >= 15 is 0 Å². The van der Waals surface area contributed by atoms with Crippen LogP contribution in [-0.4, -0.2) is 46.5 Å². The second-order valence-corrected chi connectivity index (χ2v) is 7.89. The van der Waals surface area contributed by atoms with Gasteiger partial charge in [0.15, 0.2) is 0 Å². The largest absolute Gasteiger partial charge is 0.439 e. The van der Waals surface area contributed by atoms with Gasteiger partial charge in [-0.15, -0.1) is 0 Å². The molecule has 3 aromatic rings. The summed E-state index contributed by atoms with van der Waals surface area (Å²) in [5, 5.41) is 0.868. The van der Waals surface area contributed by atoms with Crippen molar-refractivity contribution in [3.8, 4) is 11.6 Å². The molecule has 1 saturated heterocycles. The minimum atomic E-state index is -0.0976. The summed E-state index contributed by atoms with van der Waals surface area (Å²) in [5.41, 5.74) is 0.460. The van der Waals surface area contributed by atoms with Crippen LogP contribution in [0.4, 0.5) is 5.82 Å². The molecule has 1 atom stereocenters. The minimum Gasteiger partial charge on any atom is -0.439 e. The van der Waals surface area contributed by atoms with Crippen LogP contribution in [0.2, 0.25) is 10.0 Å². The van der Waals surface area contributed by atoms with E-state index in [9.17, 15) is 4.79 Å². The van der Waals surface area contributed by atoms with Crippen LogP contribution in [0.3, 0.4) is 0 Å². The van der Waals surface area contributed by atoms with E-state index in [-0.39, 0.29) is 11.9 Å². The van der Waals surface area contributed by atoms with Gasteiger partial charge in [0.25, 0.3) is 5.91 Å². The number of aromatic nitrogens is 2. The van der Waals surface area contributed by atoms with Crippen molar-refractivity contribution in [2.45, 2.75) is 13.0 Å². The van der Waals surface area contributed by atoms with Crippen LogP contribution in [0.25, 0.3) is 0 Å². The lowest BCUT2D eigenvalue weighted by molar-refractivity contribution is 0.0674. The number of carbonyl (C=O) groups excluding carboxylic acids is 1. The van der Waals surface area contributed by atoms with Crippen molar-refractivity contribution >= 4 is 34.9 Å². The van der Waals surface area contributed by atoms with E-state index in [1.54, 1.807) is 18.2 Å². The van der Waals surface area contributed by atoms with E-state index in [0.29, 0.717) is 46.9 Å². The van der Waals surface area contributed by atoms with Crippen LogP contribution in [0.1, 0.15) is 17.3 Å². The second kappa shape index (κ2) is 8.90. The maximum Gasteiger partial charge on any atom is 0.255 e. The van der Waals surface area contributed by atoms with Gasteiger partial charge in [-0.2, -0.15) is 0 Å². The molecule has 0 unspecified atom stereocenters. The Morgan fingerprint density at radius 3 is 2.60 bits per heavy atom.